The van der Waals surface area contributed by atoms with E-state index in [1.165, 1.54) is 0 Å². The summed E-state index contributed by atoms with van der Waals surface area (Å²) in [6, 6.07) is 17.2. The monoisotopic (exact) mass is 333 g/mol. The van der Waals surface area contributed by atoms with E-state index in [1.807, 2.05) is 61.5 Å². The second-order valence-corrected chi connectivity index (χ2v) is 5.42. The summed E-state index contributed by atoms with van der Waals surface area (Å²) in [6.07, 6.45) is 0. The molecule has 2 heterocycles. The molecule has 0 aliphatic heterocycles. The maximum absolute atomic E-state index is 5.37. The summed E-state index contributed by atoms with van der Waals surface area (Å²) in [7, 11) is 1.62. The smallest absolute Gasteiger partial charge is 0.258 e. The first-order valence-electron chi connectivity index (χ1n) is 7.72. The molecule has 2 aromatic heterocycles. The zero-order valence-electron chi connectivity index (χ0n) is 13.7. The van der Waals surface area contributed by atoms with Crippen LogP contribution in [0.5, 0.6) is 5.75 Å². The number of ether oxygens (including phenoxy) is 1. The molecule has 0 radical (unpaired) electrons. The highest BCUT2D eigenvalue weighted by molar-refractivity contribution is 5.59. The zero-order chi connectivity index (χ0) is 17.2. The van der Waals surface area contributed by atoms with E-state index in [4.69, 9.17) is 9.26 Å². The third kappa shape index (κ3) is 2.76. The fourth-order valence-corrected chi connectivity index (χ4v) is 2.52. The number of hydrogen-bond donors (Lipinski definition) is 0. The van der Waals surface area contributed by atoms with Crippen molar-refractivity contribution in [3.05, 3.63) is 60.3 Å². The minimum absolute atomic E-state index is 0.408. The van der Waals surface area contributed by atoms with E-state index in [1.54, 1.807) is 11.8 Å². The van der Waals surface area contributed by atoms with Crippen LogP contribution in [0.3, 0.4) is 0 Å². The van der Waals surface area contributed by atoms with Crippen molar-refractivity contribution >= 4 is 0 Å². The van der Waals surface area contributed by atoms with Gasteiger partial charge in [-0.25, -0.2) is 4.68 Å². The fraction of sp³-hybridized carbons (Fsp3) is 0.111. The molecule has 0 unspecified atom stereocenters. The van der Waals surface area contributed by atoms with Crippen LogP contribution in [-0.2, 0) is 0 Å². The highest BCUT2D eigenvalue weighted by atomic mass is 16.5. The second-order valence-electron chi connectivity index (χ2n) is 5.42. The lowest BCUT2D eigenvalue weighted by molar-refractivity contribution is 0.414. The minimum atomic E-state index is 0.408. The van der Waals surface area contributed by atoms with Crippen LogP contribution < -0.4 is 4.74 Å². The maximum atomic E-state index is 5.37. The van der Waals surface area contributed by atoms with Crippen LogP contribution in [0.1, 0.15) is 5.69 Å². The molecule has 2 aromatic carbocycles. The minimum Gasteiger partial charge on any atom is -0.497 e. The fourth-order valence-electron chi connectivity index (χ4n) is 2.52. The topological polar surface area (TPSA) is 78.9 Å². The molecule has 0 aliphatic rings. The number of benzene rings is 2. The summed E-state index contributed by atoms with van der Waals surface area (Å²) < 4.78 is 12.3. The highest BCUT2D eigenvalue weighted by Crippen LogP contribution is 2.25. The van der Waals surface area contributed by atoms with Crippen LogP contribution in [0.4, 0.5) is 0 Å². The van der Waals surface area contributed by atoms with Crippen LogP contribution in [0.25, 0.3) is 28.7 Å². The average molecular weight is 333 g/mol. The summed E-state index contributed by atoms with van der Waals surface area (Å²) >= 11 is 0. The number of aromatic nitrogens is 5. The molecule has 25 heavy (non-hydrogen) atoms. The number of methoxy groups -OCH3 is 1. The number of rotatable bonds is 4. The van der Waals surface area contributed by atoms with Gasteiger partial charge in [-0.2, -0.15) is 4.98 Å². The quantitative estimate of drug-likeness (QED) is 0.570. The van der Waals surface area contributed by atoms with Crippen molar-refractivity contribution in [3.63, 3.8) is 0 Å². The molecule has 4 rings (SSSR count). The Kier molecular flexibility index (Phi) is 3.74. The van der Waals surface area contributed by atoms with Crippen molar-refractivity contribution < 1.29 is 9.26 Å². The number of nitrogens with zero attached hydrogens (tertiary/aromatic N) is 5. The first kappa shape index (κ1) is 15.1. The molecule has 0 atom stereocenters. The molecule has 0 bridgehead atoms. The standard InChI is InChI=1S/C18H15N5O2/c1-12-16(20-22-23(12)14-6-4-3-5-7-14)17-19-18(25-21-17)13-8-10-15(24-2)11-9-13/h3-11H,1-2H3. The molecule has 0 fully saturated rings. The number of hydrogen-bond acceptors (Lipinski definition) is 6. The average Bonchev–Trinajstić information content (AvgIpc) is 3.29. The van der Waals surface area contributed by atoms with Gasteiger partial charge in [0, 0.05) is 5.56 Å². The van der Waals surface area contributed by atoms with Gasteiger partial charge in [-0.05, 0) is 43.3 Å². The molecule has 124 valence electrons. The van der Waals surface area contributed by atoms with E-state index in [2.05, 4.69) is 20.5 Å². The van der Waals surface area contributed by atoms with Crippen molar-refractivity contribution in [2.75, 3.05) is 7.11 Å². The summed E-state index contributed by atoms with van der Waals surface area (Å²) in [4.78, 5) is 4.44. The Bertz CT molecular complexity index is 990. The van der Waals surface area contributed by atoms with Gasteiger partial charge in [-0.1, -0.05) is 28.6 Å². The van der Waals surface area contributed by atoms with Gasteiger partial charge in [0.25, 0.3) is 5.89 Å². The Balaban J connectivity index is 1.67. The predicted octanol–water partition coefficient (Wildman–Crippen LogP) is 3.30. The Labute approximate surface area is 143 Å². The molecule has 0 saturated heterocycles. The second kappa shape index (κ2) is 6.20. The van der Waals surface area contributed by atoms with Gasteiger partial charge < -0.3 is 9.26 Å². The molecule has 0 N–H and O–H groups in total. The van der Waals surface area contributed by atoms with Gasteiger partial charge in [0.05, 0.1) is 18.5 Å². The summed E-state index contributed by atoms with van der Waals surface area (Å²) in [5.41, 5.74) is 3.17. The lowest BCUT2D eigenvalue weighted by Gasteiger charge is -2.01. The zero-order valence-corrected chi connectivity index (χ0v) is 13.7. The van der Waals surface area contributed by atoms with Crippen LogP contribution in [-0.4, -0.2) is 32.2 Å². The Morgan fingerprint density at radius 2 is 1.76 bits per heavy atom. The van der Waals surface area contributed by atoms with Crippen molar-refractivity contribution in [2.45, 2.75) is 6.92 Å². The van der Waals surface area contributed by atoms with E-state index >= 15 is 0 Å². The van der Waals surface area contributed by atoms with Crippen molar-refractivity contribution in [1.29, 1.82) is 0 Å². The molecule has 0 amide bonds. The van der Waals surface area contributed by atoms with Gasteiger partial charge in [-0.3, -0.25) is 0 Å². The van der Waals surface area contributed by atoms with Gasteiger partial charge in [-0.15, -0.1) is 5.10 Å². The molecular formula is C18H15N5O2. The molecule has 7 nitrogen and oxygen atoms in total. The lowest BCUT2D eigenvalue weighted by Crippen LogP contribution is -1.98. The number of para-hydroxylation sites is 1. The van der Waals surface area contributed by atoms with E-state index in [9.17, 15) is 0 Å². The Hall–Kier alpha value is -3.48. The van der Waals surface area contributed by atoms with Crippen LogP contribution >= 0.6 is 0 Å². The van der Waals surface area contributed by atoms with Crippen LogP contribution in [0.15, 0.2) is 59.1 Å². The molecule has 0 spiro atoms. The Morgan fingerprint density at radius 3 is 2.48 bits per heavy atom. The summed E-state index contributed by atoms with van der Waals surface area (Å²) in [5, 5.41) is 12.4. The van der Waals surface area contributed by atoms with E-state index in [0.717, 1.165) is 22.7 Å². The van der Waals surface area contributed by atoms with Gasteiger partial charge in [0.15, 0.2) is 5.69 Å². The molecule has 4 aromatic rings. The predicted molar refractivity (Wildman–Crippen MR) is 91.4 cm³/mol. The molecule has 0 saturated carbocycles. The third-order valence-electron chi connectivity index (χ3n) is 3.87. The van der Waals surface area contributed by atoms with Crippen molar-refractivity contribution in [1.82, 2.24) is 25.1 Å². The Morgan fingerprint density at radius 1 is 1.00 bits per heavy atom. The van der Waals surface area contributed by atoms with Crippen molar-refractivity contribution in [2.24, 2.45) is 0 Å². The van der Waals surface area contributed by atoms with E-state index in [0.29, 0.717) is 17.4 Å². The maximum Gasteiger partial charge on any atom is 0.258 e. The largest absolute Gasteiger partial charge is 0.497 e. The van der Waals surface area contributed by atoms with Gasteiger partial charge in [0.2, 0.25) is 5.82 Å². The summed E-state index contributed by atoms with van der Waals surface area (Å²) in [5.74, 6) is 1.60. The molecule has 7 heteroatoms. The van der Waals surface area contributed by atoms with Gasteiger partial charge in [0.1, 0.15) is 5.75 Å². The lowest BCUT2D eigenvalue weighted by atomic mass is 10.2. The van der Waals surface area contributed by atoms with Crippen LogP contribution in [0.2, 0.25) is 0 Å². The molecular weight excluding hydrogens is 318 g/mol. The van der Waals surface area contributed by atoms with Gasteiger partial charge >= 0.3 is 0 Å². The third-order valence-corrected chi connectivity index (χ3v) is 3.87. The molecule has 0 aliphatic carbocycles. The highest BCUT2D eigenvalue weighted by Gasteiger charge is 2.18. The first-order valence-corrected chi connectivity index (χ1v) is 7.72. The van der Waals surface area contributed by atoms with Crippen molar-refractivity contribution in [3.8, 4) is 34.4 Å². The van der Waals surface area contributed by atoms with E-state index in [-0.39, 0.29) is 0 Å². The normalized spacial score (nSPS) is 10.8. The van der Waals surface area contributed by atoms with E-state index < -0.39 is 0 Å². The van der Waals surface area contributed by atoms with Crippen LogP contribution in [0, 0.1) is 6.92 Å². The first-order chi connectivity index (χ1) is 12.3. The summed E-state index contributed by atoms with van der Waals surface area (Å²) in [6.45, 7) is 1.92. The SMILES string of the molecule is COc1ccc(-c2nc(-c3nnn(-c4ccccc4)c3C)no2)cc1.